The van der Waals surface area contributed by atoms with Crippen LogP contribution in [0, 0.1) is 0 Å². The fourth-order valence-electron chi connectivity index (χ4n) is 1.98. The van der Waals surface area contributed by atoms with E-state index in [0.717, 1.165) is 38.5 Å². The molecule has 0 heterocycles. The van der Waals surface area contributed by atoms with Gasteiger partial charge in [-0.15, -0.1) is 0 Å². The second-order valence-electron chi connectivity index (χ2n) is 5.46. The minimum absolute atomic E-state index is 0.160. The van der Waals surface area contributed by atoms with Crippen molar-refractivity contribution in [1.29, 1.82) is 0 Å². The van der Waals surface area contributed by atoms with Crippen LogP contribution in [0.25, 0.3) is 0 Å². The van der Waals surface area contributed by atoms with Gasteiger partial charge in [-0.25, -0.2) is 4.79 Å². The second-order valence-corrected chi connectivity index (χ2v) is 5.46. The van der Waals surface area contributed by atoms with E-state index in [9.17, 15) is 26.7 Å². The zero-order valence-electron chi connectivity index (χ0n) is 13.7. The topological polar surface area (TPSA) is 29.5 Å². The quantitative estimate of drug-likeness (QED) is 0.298. The largest absolute Gasteiger partial charge is 0.465 e. The summed E-state index contributed by atoms with van der Waals surface area (Å²) in [6.07, 6.45) is -0.0335. The molecule has 0 aliphatic heterocycles. The number of halogens is 5. The summed E-state index contributed by atoms with van der Waals surface area (Å²) in [5.41, 5.74) is 0. The summed E-state index contributed by atoms with van der Waals surface area (Å²) in [6.45, 7) is 5.20. The maximum Gasteiger partial charge on any atom is 0.465 e. The van der Waals surface area contributed by atoms with Crippen molar-refractivity contribution in [2.75, 3.05) is 26.2 Å². The van der Waals surface area contributed by atoms with E-state index in [2.05, 4.69) is 4.74 Å². The summed E-state index contributed by atoms with van der Waals surface area (Å²) in [5, 5.41) is 0. The van der Waals surface area contributed by atoms with Crippen LogP contribution in [0.2, 0.25) is 0 Å². The Bertz CT molecular complexity index is 324. The predicted octanol–water partition coefficient (Wildman–Crippen LogP) is 4.41. The van der Waals surface area contributed by atoms with Gasteiger partial charge >= 0.3 is 18.1 Å². The van der Waals surface area contributed by atoms with Crippen molar-refractivity contribution in [3.63, 3.8) is 0 Å². The molecule has 23 heavy (non-hydrogen) atoms. The van der Waals surface area contributed by atoms with Crippen LogP contribution in [0.15, 0.2) is 0 Å². The molecule has 0 rings (SSSR count). The van der Waals surface area contributed by atoms with Crippen molar-refractivity contribution in [3.8, 4) is 0 Å². The van der Waals surface area contributed by atoms with E-state index in [0.29, 0.717) is 13.1 Å². The van der Waals surface area contributed by atoms with Crippen LogP contribution in [-0.2, 0) is 9.53 Å². The standard InChI is InChI=1S/C15H26F5NO2/c1-3-5-7-9-21(10-8-6-4-2)11-12-23-13(22)14(16,17)15(18,19)20/h3-12H2,1-2H3. The molecule has 0 N–H and O–H groups in total. The molecule has 3 nitrogen and oxygen atoms in total. The minimum atomic E-state index is -5.92. The van der Waals surface area contributed by atoms with Gasteiger partial charge in [0.1, 0.15) is 6.61 Å². The number of alkyl halides is 5. The molecule has 0 aromatic carbocycles. The third-order valence-electron chi connectivity index (χ3n) is 3.41. The lowest BCUT2D eigenvalue weighted by Crippen LogP contribution is -2.45. The highest BCUT2D eigenvalue weighted by Crippen LogP contribution is 2.36. The van der Waals surface area contributed by atoms with Gasteiger partial charge < -0.3 is 4.74 Å². The van der Waals surface area contributed by atoms with E-state index in [1.165, 1.54) is 0 Å². The molecule has 0 aliphatic carbocycles. The SMILES string of the molecule is CCCCCN(CCCCC)CCOC(=O)C(F)(F)C(F)(F)F. The Labute approximate surface area is 134 Å². The van der Waals surface area contributed by atoms with Crippen LogP contribution < -0.4 is 0 Å². The van der Waals surface area contributed by atoms with Crippen LogP contribution >= 0.6 is 0 Å². The number of nitrogens with zero attached hydrogens (tertiary/aromatic N) is 1. The fourth-order valence-corrected chi connectivity index (χ4v) is 1.98. The van der Waals surface area contributed by atoms with Gasteiger partial charge in [0.05, 0.1) is 0 Å². The number of hydrogen-bond acceptors (Lipinski definition) is 3. The van der Waals surface area contributed by atoms with Gasteiger partial charge in [0, 0.05) is 6.54 Å². The summed E-state index contributed by atoms with van der Waals surface area (Å²) in [6, 6.07) is 0. The Morgan fingerprint density at radius 3 is 1.74 bits per heavy atom. The predicted molar refractivity (Wildman–Crippen MR) is 77.5 cm³/mol. The smallest absolute Gasteiger partial charge is 0.460 e. The average molecular weight is 347 g/mol. The van der Waals surface area contributed by atoms with Crippen molar-refractivity contribution in [3.05, 3.63) is 0 Å². The Morgan fingerprint density at radius 2 is 1.35 bits per heavy atom. The normalized spacial score (nSPS) is 12.7. The van der Waals surface area contributed by atoms with Crippen molar-refractivity contribution in [2.24, 2.45) is 0 Å². The van der Waals surface area contributed by atoms with Crippen LogP contribution in [0.3, 0.4) is 0 Å². The molecule has 0 spiro atoms. The lowest BCUT2D eigenvalue weighted by molar-refractivity contribution is -0.280. The summed E-state index contributed by atoms with van der Waals surface area (Å²) in [4.78, 5) is 12.8. The van der Waals surface area contributed by atoms with Crippen LogP contribution in [0.4, 0.5) is 22.0 Å². The van der Waals surface area contributed by atoms with Gasteiger partial charge in [0.2, 0.25) is 0 Å². The second kappa shape index (κ2) is 10.8. The maximum atomic E-state index is 12.7. The van der Waals surface area contributed by atoms with Crippen LogP contribution in [-0.4, -0.2) is 49.2 Å². The van der Waals surface area contributed by atoms with Gasteiger partial charge in [-0.2, -0.15) is 22.0 Å². The molecular weight excluding hydrogens is 321 g/mol. The Hall–Kier alpha value is -0.920. The van der Waals surface area contributed by atoms with E-state index < -0.39 is 24.7 Å². The third kappa shape index (κ3) is 8.48. The maximum absolute atomic E-state index is 12.7. The lowest BCUT2D eigenvalue weighted by Gasteiger charge is -2.23. The fraction of sp³-hybridized carbons (Fsp3) is 0.933. The van der Waals surface area contributed by atoms with E-state index in [-0.39, 0.29) is 6.54 Å². The first-order valence-corrected chi connectivity index (χ1v) is 8.00. The molecule has 0 aromatic rings. The zero-order valence-corrected chi connectivity index (χ0v) is 13.7. The van der Waals surface area contributed by atoms with Gasteiger partial charge in [-0.05, 0) is 25.9 Å². The first-order chi connectivity index (χ1) is 10.7. The first-order valence-electron chi connectivity index (χ1n) is 8.00. The number of unbranched alkanes of at least 4 members (excludes halogenated alkanes) is 4. The molecule has 8 heteroatoms. The minimum Gasteiger partial charge on any atom is -0.460 e. The highest BCUT2D eigenvalue weighted by Gasteiger charge is 2.64. The first kappa shape index (κ1) is 22.1. The molecule has 0 bridgehead atoms. The third-order valence-corrected chi connectivity index (χ3v) is 3.41. The van der Waals surface area contributed by atoms with Crippen molar-refractivity contribution < 1.29 is 31.5 Å². The number of ether oxygens (including phenoxy) is 1. The molecule has 0 saturated carbocycles. The van der Waals surface area contributed by atoms with Crippen molar-refractivity contribution in [2.45, 2.75) is 64.5 Å². The van der Waals surface area contributed by atoms with E-state index in [1.807, 2.05) is 18.7 Å². The number of hydrogen-bond donors (Lipinski definition) is 0. The number of esters is 1. The number of rotatable bonds is 12. The monoisotopic (exact) mass is 347 g/mol. The number of carbonyl (C=O) groups is 1. The summed E-state index contributed by atoms with van der Waals surface area (Å²) in [5.74, 6) is -7.99. The van der Waals surface area contributed by atoms with Crippen molar-refractivity contribution >= 4 is 5.97 Å². The molecule has 0 radical (unpaired) electrons. The van der Waals surface area contributed by atoms with Crippen molar-refractivity contribution in [1.82, 2.24) is 4.90 Å². The van der Waals surface area contributed by atoms with E-state index in [4.69, 9.17) is 0 Å². The summed E-state index contributed by atoms with van der Waals surface area (Å²) in [7, 11) is 0. The number of carbonyl (C=O) groups excluding carboxylic acids is 1. The molecule has 0 aliphatic rings. The summed E-state index contributed by atoms with van der Waals surface area (Å²) < 4.78 is 65.6. The van der Waals surface area contributed by atoms with Crippen LogP contribution in [0.1, 0.15) is 52.4 Å². The molecule has 0 atom stereocenters. The Kier molecular flexibility index (Phi) is 10.3. The zero-order chi connectivity index (χ0) is 17.9. The lowest BCUT2D eigenvalue weighted by atomic mass is 10.2. The van der Waals surface area contributed by atoms with Crippen LogP contribution in [0.5, 0.6) is 0 Å². The highest BCUT2D eigenvalue weighted by molar-refractivity contribution is 5.78. The summed E-state index contributed by atoms with van der Waals surface area (Å²) >= 11 is 0. The molecule has 0 aromatic heterocycles. The van der Waals surface area contributed by atoms with Gasteiger partial charge in [-0.1, -0.05) is 39.5 Å². The van der Waals surface area contributed by atoms with Gasteiger partial charge in [0.15, 0.2) is 0 Å². The average Bonchev–Trinajstić information content (AvgIpc) is 2.45. The molecular formula is C15H26F5NO2. The molecule has 0 amide bonds. The molecule has 138 valence electrons. The van der Waals surface area contributed by atoms with E-state index in [1.54, 1.807) is 0 Å². The van der Waals surface area contributed by atoms with E-state index >= 15 is 0 Å². The molecule has 0 unspecified atom stereocenters. The Morgan fingerprint density at radius 1 is 0.870 bits per heavy atom. The Balaban J connectivity index is 4.30. The molecule has 0 saturated heterocycles. The molecule has 0 fully saturated rings. The highest BCUT2D eigenvalue weighted by atomic mass is 19.4. The van der Waals surface area contributed by atoms with Gasteiger partial charge in [0.25, 0.3) is 0 Å². The van der Waals surface area contributed by atoms with Gasteiger partial charge in [-0.3, -0.25) is 4.90 Å².